The number of halogens is 1. The van der Waals surface area contributed by atoms with E-state index in [-0.39, 0.29) is 0 Å². The summed E-state index contributed by atoms with van der Waals surface area (Å²) in [6.45, 7) is 2.50. The molecule has 9 heteroatoms. The maximum Gasteiger partial charge on any atom is 0.246 e. The first kappa shape index (κ1) is 16.0. The molecule has 7 nitrogen and oxygen atoms in total. The molecule has 0 aliphatic heterocycles. The summed E-state index contributed by atoms with van der Waals surface area (Å²) in [5.41, 5.74) is 1.88. The van der Waals surface area contributed by atoms with E-state index in [1.54, 1.807) is 4.52 Å². The lowest BCUT2D eigenvalue weighted by atomic mass is 10.2. The number of hydrogen-bond donors (Lipinski definition) is 0. The number of imidazole rings is 1. The Balaban J connectivity index is 1.55. The van der Waals surface area contributed by atoms with E-state index in [2.05, 4.69) is 20.2 Å². The molecule has 0 saturated heterocycles. The van der Waals surface area contributed by atoms with Gasteiger partial charge < -0.3 is 9.42 Å². The van der Waals surface area contributed by atoms with Gasteiger partial charge in [0.25, 0.3) is 0 Å². The molecular weight excluding hydrogens is 360 g/mol. The molecule has 0 radical (unpaired) electrons. The molecule has 0 bridgehead atoms. The van der Waals surface area contributed by atoms with E-state index in [4.69, 9.17) is 16.1 Å². The van der Waals surface area contributed by atoms with Gasteiger partial charge >= 0.3 is 0 Å². The van der Waals surface area contributed by atoms with Gasteiger partial charge in [-0.25, -0.2) is 9.50 Å². The van der Waals surface area contributed by atoms with Gasteiger partial charge in [0.1, 0.15) is 0 Å². The number of aryl methyl sites for hydroxylation is 1. The molecule has 0 N–H and O–H groups in total. The van der Waals surface area contributed by atoms with E-state index in [1.807, 2.05) is 49.3 Å². The van der Waals surface area contributed by atoms with Crippen molar-refractivity contribution in [3.05, 3.63) is 47.2 Å². The summed E-state index contributed by atoms with van der Waals surface area (Å²) in [5.74, 6) is 1.29. The van der Waals surface area contributed by atoms with Crippen LogP contribution in [-0.2, 0) is 13.0 Å². The third kappa shape index (κ3) is 3.22. The highest BCUT2D eigenvalue weighted by Crippen LogP contribution is 2.27. The summed E-state index contributed by atoms with van der Waals surface area (Å²) in [6, 6.07) is 7.60. The first-order chi connectivity index (χ1) is 12.1. The molecule has 3 aromatic heterocycles. The SMILES string of the molecule is CCc1noc(CN(C)c2nn3cc(-c4ccc(Cl)cc4)nc3s2)n1. The van der Waals surface area contributed by atoms with Crippen LogP contribution in [0.4, 0.5) is 5.13 Å². The largest absolute Gasteiger partial charge is 0.340 e. The van der Waals surface area contributed by atoms with Gasteiger partial charge in [0.05, 0.1) is 18.4 Å². The van der Waals surface area contributed by atoms with Crippen LogP contribution >= 0.6 is 22.9 Å². The van der Waals surface area contributed by atoms with Gasteiger partial charge in [0.15, 0.2) is 5.82 Å². The molecule has 128 valence electrons. The van der Waals surface area contributed by atoms with E-state index in [1.165, 1.54) is 11.3 Å². The van der Waals surface area contributed by atoms with Crippen molar-refractivity contribution in [2.75, 3.05) is 11.9 Å². The Bertz CT molecular complexity index is 974. The number of rotatable bonds is 5. The Morgan fingerprint density at radius 3 is 2.72 bits per heavy atom. The lowest BCUT2D eigenvalue weighted by molar-refractivity contribution is 0.373. The average Bonchev–Trinajstić information content (AvgIpc) is 3.29. The smallest absolute Gasteiger partial charge is 0.246 e. The minimum absolute atomic E-state index is 0.508. The fourth-order valence-corrected chi connectivity index (χ4v) is 3.34. The Kier molecular flexibility index (Phi) is 4.14. The van der Waals surface area contributed by atoms with Crippen LogP contribution in [-0.4, -0.2) is 31.8 Å². The topological polar surface area (TPSA) is 72.4 Å². The van der Waals surface area contributed by atoms with Crippen molar-refractivity contribution in [1.82, 2.24) is 24.7 Å². The van der Waals surface area contributed by atoms with Crippen molar-refractivity contribution in [2.24, 2.45) is 0 Å². The molecule has 0 saturated carbocycles. The number of hydrogen-bond acceptors (Lipinski definition) is 7. The van der Waals surface area contributed by atoms with Gasteiger partial charge in [-0.15, -0.1) is 5.10 Å². The summed E-state index contributed by atoms with van der Waals surface area (Å²) in [4.78, 5) is 11.8. The highest BCUT2D eigenvalue weighted by Gasteiger charge is 2.15. The number of fused-ring (bicyclic) bond motifs is 1. The second kappa shape index (κ2) is 6.45. The fourth-order valence-electron chi connectivity index (χ4n) is 2.37. The number of anilines is 1. The standard InChI is InChI=1S/C16H15ClN6OS/c1-3-13-19-14(24-21-13)9-22(2)16-20-23-8-12(18-15(23)25-16)10-4-6-11(17)7-5-10/h4-8H,3,9H2,1-2H3. The zero-order valence-electron chi connectivity index (χ0n) is 13.7. The number of benzene rings is 1. The maximum absolute atomic E-state index is 5.93. The molecule has 4 aromatic rings. The molecular formula is C16H15ClN6OS. The van der Waals surface area contributed by atoms with E-state index in [0.717, 1.165) is 27.8 Å². The van der Waals surface area contributed by atoms with Gasteiger partial charge in [-0.1, -0.05) is 47.2 Å². The van der Waals surface area contributed by atoms with E-state index in [9.17, 15) is 0 Å². The second-order valence-electron chi connectivity index (χ2n) is 5.56. The van der Waals surface area contributed by atoms with Crippen LogP contribution in [0.1, 0.15) is 18.6 Å². The zero-order valence-corrected chi connectivity index (χ0v) is 15.3. The number of aromatic nitrogens is 5. The molecule has 0 spiro atoms. The molecule has 25 heavy (non-hydrogen) atoms. The third-order valence-corrected chi connectivity index (χ3v) is 4.99. The van der Waals surface area contributed by atoms with Crippen LogP contribution in [0.25, 0.3) is 16.2 Å². The van der Waals surface area contributed by atoms with E-state index < -0.39 is 0 Å². The molecule has 0 aliphatic carbocycles. The van der Waals surface area contributed by atoms with Gasteiger partial charge in [0.2, 0.25) is 16.0 Å². The van der Waals surface area contributed by atoms with Crippen LogP contribution in [0.5, 0.6) is 0 Å². The van der Waals surface area contributed by atoms with Crippen molar-refractivity contribution in [3.63, 3.8) is 0 Å². The zero-order chi connectivity index (χ0) is 17.4. The summed E-state index contributed by atoms with van der Waals surface area (Å²) in [6.07, 6.45) is 2.67. The highest BCUT2D eigenvalue weighted by molar-refractivity contribution is 7.20. The minimum Gasteiger partial charge on any atom is -0.340 e. The van der Waals surface area contributed by atoms with Crippen molar-refractivity contribution < 1.29 is 4.52 Å². The lowest BCUT2D eigenvalue weighted by Crippen LogP contribution is -2.16. The third-order valence-electron chi connectivity index (χ3n) is 3.70. The van der Waals surface area contributed by atoms with Gasteiger partial charge in [-0.2, -0.15) is 4.98 Å². The number of nitrogens with zero attached hydrogens (tertiary/aromatic N) is 6. The van der Waals surface area contributed by atoms with Crippen LogP contribution < -0.4 is 4.90 Å². The quantitative estimate of drug-likeness (QED) is 0.530. The van der Waals surface area contributed by atoms with E-state index in [0.29, 0.717) is 23.3 Å². The second-order valence-corrected chi connectivity index (χ2v) is 6.93. The predicted octanol–water partition coefficient (Wildman–Crippen LogP) is 3.69. The monoisotopic (exact) mass is 374 g/mol. The Labute approximate surface area is 152 Å². The first-order valence-corrected chi connectivity index (χ1v) is 8.96. The molecule has 0 unspecified atom stereocenters. The van der Waals surface area contributed by atoms with Gasteiger partial charge in [0, 0.05) is 24.1 Å². The highest BCUT2D eigenvalue weighted by atomic mass is 35.5. The summed E-state index contributed by atoms with van der Waals surface area (Å²) in [7, 11) is 1.94. The van der Waals surface area contributed by atoms with Crippen molar-refractivity contribution in [3.8, 4) is 11.3 Å². The normalized spacial score (nSPS) is 11.3. The fraction of sp³-hybridized carbons (Fsp3) is 0.250. The van der Waals surface area contributed by atoms with Gasteiger partial charge in [-0.05, 0) is 12.1 Å². The molecule has 1 aromatic carbocycles. The summed E-state index contributed by atoms with van der Waals surface area (Å²) < 4.78 is 7.01. The van der Waals surface area contributed by atoms with Gasteiger partial charge in [-0.3, -0.25) is 0 Å². The molecule has 0 amide bonds. The molecule has 0 aliphatic rings. The van der Waals surface area contributed by atoms with Crippen molar-refractivity contribution in [1.29, 1.82) is 0 Å². The summed E-state index contributed by atoms with van der Waals surface area (Å²) >= 11 is 7.44. The van der Waals surface area contributed by atoms with E-state index >= 15 is 0 Å². The van der Waals surface area contributed by atoms with Crippen LogP contribution in [0, 0.1) is 0 Å². The Morgan fingerprint density at radius 2 is 2.04 bits per heavy atom. The lowest BCUT2D eigenvalue weighted by Gasteiger charge is -2.11. The van der Waals surface area contributed by atoms with Crippen molar-refractivity contribution in [2.45, 2.75) is 19.9 Å². The first-order valence-electron chi connectivity index (χ1n) is 7.77. The molecule has 4 rings (SSSR count). The summed E-state index contributed by atoms with van der Waals surface area (Å²) in [5, 5.41) is 10.0. The maximum atomic E-state index is 5.93. The molecule has 0 fully saturated rings. The minimum atomic E-state index is 0.508. The Morgan fingerprint density at radius 1 is 1.24 bits per heavy atom. The van der Waals surface area contributed by atoms with Crippen LogP contribution in [0.2, 0.25) is 5.02 Å². The Hall–Kier alpha value is -2.45. The van der Waals surface area contributed by atoms with Crippen molar-refractivity contribution >= 4 is 33.0 Å². The predicted molar refractivity (Wildman–Crippen MR) is 97.1 cm³/mol. The molecule has 3 heterocycles. The van der Waals surface area contributed by atoms with Crippen LogP contribution in [0.15, 0.2) is 35.0 Å². The average molecular weight is 375 g/mol. The van der Waals surface area contributed by atoms with Crippen LogP contribution in [0.3, 0.4) is 0 Å². The molecule has 0 atom stereocenters.